The largest absolute Gasteiger partial charge is 0.496 e. The van der Waals surface area contributed by atoms with Crippen molar-refractivity contribution >= 4 is 5.97 Å². The molecule has 5 heteroatoms. The molecule has 1 unspecified atom stereocenters. The molecule has 20 heavy (non-hydrogen) atoms. The summed E-state index contributed by atoms with van der Waals surface area (Å²) in [6, 6.07) is 3.64. The van der Waals surface area contributed by atoms with Crippen molar-refractivity contribution in [2.45, 2.75) is 12.8 Å². The van der Waals surface area contributed by atoms with Gasteiger partial charge in [-0.3, -0.25) is 0 Å². The summed E-state index contributed by atoms with van der Waals surface area (Å²) in [5.74, 6) is 0.489. The first-order valence-electron chi connectivity index (χ1n) is 6.16. The van der Waals surface area contributed by atoms with E-state index in [-0.39, 0.29) is 12.5 Å². The summed E-state index contributed by atoms with van der Waals surface area (Å²) >= 11 is 0. The Hall–Kier alpha value is -2.01. The van der Waals surface area contributed by atoms with E-state index in [9.17, 15) is 9.90 Å². The number of carbonyl (C=O) groups is 1. The van der Waals surface area contributed by atoms with Crippen LogP contribution in [0.2, 0.25) is 0 Å². The molecular formula is C15H20O5. The third-order valence-corrected chi connectivity index (χ3v) is 3.01. The van der Waals surface area contributed by atoms with Crippen LogP contribution in [0.15, 0.2) is 24.3 Å². The summed E-state index contributed by atoms with van der Waals surface area (Å²) in [7, 11) is 4.44. The maximum Gasteiger partial charge on any atom is 0.330 e. The van der Waals surface area contributed by atoms with E-state index in [2.05, 4.69) is 4.74 Å². The second kappa shape index (κ2) is 7.55. The van der Waals surface area contributed by atoms with E-state index in [1.165, 1.54) is 13.2 Å². The summed E-state index contributed by atoms with van der Waals surface area (Å²) in [5.41, 5.74) is 1.68. The van der Waals surface area contributed by atoms with Gasteiger partial charge in [-0.25, -0.2) is 4.79 Å². The van der Waals surface area contributed by atoms with E-state index in [1.54, 1.807) is 26.4 Å². The quantitative estimate of drug-likeness (QED) is 0.636. The van der Waals surface area contributed by atoms with Gasteiger partial charge in [0.05, 0.1) is 27.9 Å². The van der Waals surface area contributed by atoms with E-state index in [1.807, 2.05) is 13.0 Å². The predicted octanol–water partition coefficient (Wildman–Crippen LogP) is 1.82. The smallest absolute Gasteiger partial charge is 0.330 e. The first-order valence-corrected chi connectivity index (χ1v) is 6.16. The molecule has 0 saturated heterocycles. The average Bonchev–Trinajstić information content (AvgIpc) is 2.47. The molecule has 0 bridgehead atoms. The van der Waals surface area contributed by atoms with Crippen LogP contribution in [0.4, 0.5) is 0 Å². The highest BCUT2D eigenvalue weighted by molar-refractivity contribution is 5.82. The summed E-state index contributed by atoms with van der Waals surface area (Å²) in [6.07, 6.45) is 2.87. The number of aliphatic hydroxyl groups is 1. The number of hydrogen-bond acceptors (Lipinski definition) is 5. The van der Waals surface area contributed by atoms with Gasteiger partial charge in [0.25, 0.3) is 0 Å². The van der Waals surface area contributed by atoms with Gasteiger partial charge in [-0.2, -0.15) is 0 Å². The van der Waals surface area contributed by atoms with Crippen LogP contribution in [0, 0.1) is 6.92 Å². The SMILES string of the molecule is COC(=O)/C=C/C(CO)c1cc(OC)c(C)cc1OC. The molecule has 0 aliphatic carbocycles. The number of aryl methyl sites for hydroxylation is 1. The van der Waals surface area contributed by atoms with E-state index in [0.717, 1.165) is 11.1 Å². The Morgan fingerprint density at radius 2 is 1.90 bits per heavy atom. The molecule has 1 rings (SSSR count). The van der Waals surface area contributed by atoms with Crippen molar-refractivity contribution in [2.75, 3.05) is 27.9 Å². The van der Waals surface area contributed by atoms with Gasteiger partial charge in [-0.15, -0.1) is 0 Å². The van der Waals surface area contributed by atoms with Crippen LogP contribution >= 0.6 is 0 Å². The van der Waals surface area contributed by atoms with Gasteiger partial charge in [-0.05, 0) is 24.6 Å². The molecule has 1 atom stereocenters. The van der Waals surface area contributed by atoms with Crippen molar-refractivity contribution < 1.29 is 24.1 Å². The Morgan fingerprint density at radius 1 is 1.25 bits per heavy atom. The normalized spacial score (nSPS) is 12.2. The molecule has 0 aromatic heterocycles. The fourth-order valence-electron chi connectivity index (χ4n) is 1.89. The summed E-state index contributed by atoms with van der Waals surface area (Å²) in [4.78, 5) is 11.1. The standard InChI is InChI=1S/C15H20O5/c1-10-7-14(19-3)12(8-13(10)18-2)11(9-16)5-6-15(17)20-4/h5-8,11,16H,9H2,1-4H3/b6-5+. The lowest BCUT2D eigenvalue weighted by molar-refractivity contribution is -0.134. The van der Waals surface area contributed by atoms with Gasteiger partial charge in [0.15, 0.2) is 0 Å². The molecule has 0 radical (unpaired) electrons. The van der Waals surface area contributed by atoms with Gasteiger partial charge in [0.2, 0.25) is 0 Å². The Balaban J connectivity index is 3.19. The Bertz CT molecular complexity index is 493. The zero-order chi connectivity index (χ0) is 15.1. The lowest BCUT2D eigenvalue weighted by Gasteiger charge is -2.17. The zero-order valence-electron chi connectivity index (χ0n) is 12.2. The molecule has 5 nitrogen and oxygen atoms in total. The number of benzene rings is 1. The van der Waals surface area contributed by atoms with Gasteiger partial charge < -0.3 is 19.3 Å². The third kappa shape index (κ3) is 3.74. The molecule has 0 saturated carbocycles. The third-order valence-electron chi connectivity index (χ3n) is 3.01. The van der Waals surface area contributed by atoms with Crippen molar-refractivity contribution in [1.29, 1.82) is 0 Å². The van der Waals surface area contributed by atoms with Crippen LogP contribution in [0.1, 0.15) is 17.0 Å². The number of methoxy groups -OCH3 is 3. The Morgan fingerprint density at radius 3 is 2.40 bits per heavy atom. The summed E-state index contributed by atoms with van der Waals surface area (Å²) < 4.78 is 15.1. The molecule has 0 fully saturated rings. The number of esters is 1. The Labute approximate surface area is 118 Å². The fraction of sp³-hybridized carbons (Fsp3) is 0.400. The number of ether oxygens (including phenoxy) is 3. The topological polar surface area (TPSA) is 65.0 Å². The highest BCUT2D eigenvalue weighted by Gasteiger charge is 2.16. The summed E-state index contributed by atoms with van der Waals surface area (Å²) in [6.45, 7) is 1.75. The van der Waals surface area contributed by atoms with Crippen LogP contribution in [0.3, 0.4) is 0 Å². The van der Waals surface area contributed by atoms with Crippen LogP contribution in [0.25, 0.3) is 0 Å². The zero-order valence-corrected chi connectivity index (χ0v) is 12.2. The average molecular weight is 280 g/mol. The number of carbonyl (C=O) groups excluding carboxylic acids is 1. The molecule has 0 aliphatic heterocycles. The first-order chi connectivity index (χ1) is 9.57. The van der Waals surface area contributed by atoms with Crippen LogP contribution in [-0.2, 0) is 9.53 Å². The van der Waals surface area contributed by atoms with Crippen molar-refractivity contribution in [3.63, 3.8) is 0 Å². The minimum absolute atomic E-state index is 0.157. The van der Waals surface area contributed by atoms with Crippen molar-refractivity contribution in [3.05, 3.63) is 35.4 Å². The lowest BCUT2D eigenvalue weighted by Crippen LogP contribution is -2.06. The first kappa shape index (κ1) is 16.0. The summed E-state index contributed by atoms with van der Waals surface area (Å²) in [5, 5.41) is 9.52. The highest BCUT2D eigenvalue weighted by atomic mass is 16.5. The van der Waals surface area contributed by atoms with Crippen molar-refractivity contribution in [3.8, 4) is 11.5 Å². The number of aliphatic hydroxyl groups excluding tert-OH is 1. The fourth-order valence-corrected chi connectivity index (χ4v) is 1.89. The van der Waals surface area contributed by atoms with E-state index in [0.29, 0.717) is 11.5 Å². The van der Waals surface area contributed by atoms with Crippen LogP contribution in [0.5, 0.6) is 11.5 Å². The second-order valence-corrected chi connectivity index (χ2v) is 4.24. The van der Waals surface area contributed by atoms with Gasteiger partial charge in [0, 0.05) is 17.6 Å². The van der Waals surface area contributed by atoms with Crippen molar-refractivity contribution in [1.82, 2.24) is 0 Å². The minimum Gasteiger partial charge on any atom is -0.496 e. The molecule has 0 spiro atoms. The van der Waals surface area contributed by atoms with E-state index in [4.69, 9.17) is 9.47 Å². The monoisotopic (exact) mass is 280 g/mol. The molecule has 110 valence electrons. The molecule has 0 aliphatic rings. The number of hydrogen-bond donors (Lipinski definition) is 1. The van der Waals surface area contributed by atoms with Gasteiger partial charge in [-0.1, -0.05) is 6.08 Å². The van der Waals surface area contributed by atoms with E-state index >= 15 is 0 Å². The van der Waals surface area contributed by atoms with E-state index < -0.39 is 5.97 Å². The van der Waals surface area contributed by atoms with Crippen molar-refractivity contribution in [2.24, 2.45) is 0 Å². The van der Waals surface area contributed by atoms with Gasteiger partial charge in [0.1, 0.15) is 11.5 Å². The minimum atomic E-state index is -0.471. The van der Waals surface area contributed by atoms with Gasteiger partial charge >= 0.3 is 5.97 Å². The van der Waals surface area contributed by atoms with Crippen LogP contribution < -0.4 is 9.47 Å². The molecule has 1 N–H and O–H groups in total. The molecule has 0 amide bonds. The lowest BCUT2D eigenvalue weighted by atomic mass is 9.96. The Kier molecular flexibility index (Phi) is 6.06. The molecule has 1 aromatic carbocycles. The molecule has 0 heterocycles. The maximum atomic E-state index is 11.1. The number of rotatable bonds is 6. The maximum absolute atomic E-state index is 11.1. The molecular weight excluding hydrogens is 260 g/mol. The predicted molar refractivity (Wildman–Crippen MR) is 75.3 cm³/mol. The van der Waals surface area contributed by atoms with Crippen LogP contribution in [-0.4, -0.2) is 39.0 Å². The second-order valence-electron chi connectivity index (χ2n) is 4.24. The molecule has 1 aromatic rings. The highest BCUT2D eigenvalue weighted by Crippen LogP contribution is 2.33.